The van der Waals surface area contributed by atoms with Gasteiger partial charge in [0.25, 0.3) is 5.88 Å². The van der Waals surface area contributed by atoms with Gasteiger partial charge in [0, 0.05) is 37.8 Å². The number of aromatic nitrogens is 2. The van der Waals surface area contributed by atoms with Crippen molar-refractivity contribution >= 4 is 21.6 Å². The summed E-state index contributed by atoms with van der Waals surface area (Å²) in [6, 6.07) is 15.3. The number of carbonyl (C=O) groups is 1. The first-order valence-electron chi connectivity index (χ1n) is 11.6. The molecule has 10 nitrogen and oxygen atoms in total. The Bertz CT molecular complexity index is 1360. The van der Waals surface area contributed by atoms with Crippen molar-refractivity contribution < 1.29 is 27.5 Å². The van der Waals surface area contributed by atoms with Crippen LogP contribution < -0.4 is 19.8 Å². The van der Waals surface area contributed by atoms with Crippen molar-refractivity contribution in [3.05, 3.63) is 78.6 Å². The summed E-state index contributed by atoms with van der Waals surface area (Å²) in [6.07, 6.45) is 3.24. The number of carbonyl (C=O) groups excluding carboxylic acids is 1. The Morgan fingerprint density at radius 3 is 2.32 bits per heavy atom. The topological polar surface area (TPSA) is 120 Å². The molecule has 1 saturated heterocycles. The number of likely N-dealkylation sites (tertiary alicyclic amines) is 1. The van der Waals surface area contributed by atoms with Gasteiger partial charge in [-0.15, -0.1) is 0 Å². The van der Waals surface area contributed by atoms with Gasteiger partial charge in [0.2, 0.25) is 5.88 Å². The molecule has 0 atom stereocenters. The van der Waals surface area contributed by atoms with E-state index >= 15 is 0 Å². The van der Waals surface area contributed by atoms with Gasteiger partial charge in [-0.1, -0.05) is 36.9 Å². The number of ether oxygens (including phenoxy) is 2. The number of piperidine rings is 1. The summed E-state index contributed by atoms with van der Waals surface area (Å²) in [5.74, 6) is 1.17. The van der Waals surface area contributed by atoms with E-state index in [9.17, 15) is 13.2 Å². The molecule has 194 valence electrons. The van der Waals surface area contributed by atoms with Gasteiger partial charge in [-0.3, -0.25) is 0 Å². The highest BCUT2D eigenvalue weighted by atomic mass is 32.2. The van der Waals surface area contributed by atoms with Gasteiger partial charge in [-0.25, -0.2) is 23.7 Å². The Labute approximate surface area is 215 Å². The van der Waals surface area contributed by atoms with Crippen LogP contribution in [-0.4, -0.2) is 54.8 Å². The SMILES string of the molecule is C=C(NOc1ncnc(OC2CCN(C(=O)Oc3ccccc3)CC2)c1C)c1ccc(S(C)(=O)=O)cc1. The van der Waals surface area contributed by atoms with Crippen molar-refractivity contribution in [3.8, 4) is 17.5 Å². The maximum atomic E-state index is 12.4. The van der Waals surface area contributed by atoms with Gasteiger partial charge >= 0.3 is 6.09 Å². The molecule has 1 N–H and O–H groups in total. The average molecular weight is 525 g/mol. The highest BCUT2D eigenvalue weighted by Gasteiger charge is 2.26. The number of benzene rings is 2. The molecular formula is C26H28N4O6S. The number of sulfone groups is 1. The number of nitrogens with one attached hydrogen (secondary N) is 1. The molecule has 1 aromatic heterocycles. The largest absolute Gasteiger partial charge is 0.474 e. The van der Waals surface area contributed by atoms with Gasteiger partial charge in [0.05, 0.1) is 16.2 Å². The number of hydroxylamine groups is 1. The van der Waals surface area contributed by atoms with E-state index < -0.39 is 9.84 Å². The van der Waals surface area contributed by atoms with Crippen LogP contribution in [0.2, 0.25) is 0 Å². The third kappa shape index (κ3) is 6.76. The van der Waals surface area contributed by atoms with E-state index in [0.29, 0.717) is 54.4 Å². The second-order valence-corrected chi connectivity index (χ2v) is 10.6. The highest BCUT2D eigenvalue weighted by molar-refractivity contribution is 7.90. The average Bonchev–Trinajstić information content (AvgIpc) is 2.89. The highest BCUT2D eigenvalue weighted by Crippen LogP contribution is 2.26. The van der Waals surface area contributed by atoms with Crippen LogP contribution in [0.1, 0.15) is 24.0 Å². The first kappa shape index (κ1) is 26.0. The minimum absolute atomic E-state index is 0.126. The van der Waals surface area contributed by atoms with E-state index in [4.69, 9.17) is 14.3 Å². The normalized spacial score (nSPS) is 14.1. The molecule has 0 aliphatic carbocycles. The number of hydrogen-bond donors (Lipinski definition) is 1. The van der Waals surface area contributed by atoms with Crippen molar-refractivity contribution in [3.63, 3.8) is 0 Å². The first-order valence-corrected chi connectivity index (χ1v) is 13.5. The lowest BCUT2D eigenvalue weighted by molar-refractivity contribution is 0.0894. The predicted molar refractivity (Wildman–Crippen MR) is 137 cm³/mol. The maximum absolute atomic E-state index is 12.4. The monoisotopic (exact) mass is 524 g/mol. The molecule has 37 heavy (non-hydrogen) atoms. The molecule has 1 fully saturated rings. The molecule has 1 aliphatic heterocycles. The Morgan fingerprint density at radius 2 is 1.68 bits per heavy atom. The minimum Gasteiger partial charge on any atom is -0.474 e. The van der Waals surface area contributed by atoms with Crippen LogP contribution in [0, 0.1) is 6.92 Å². The number of amides is 1. The fraction of sp³-hybridized carbons (Fsp3) is 0.269. The Balaban J connectivity index is 1.29. The third-order valence-corrected chi connectivity index (χ3v) is 6.95. The molecule has 2 aromatic carbocycles. The van der Waals surface area contributed by atoms with E-state index in [1.54, 1.807) is 36.1 Å². The zero-order valence-electron chi connectivity index (χ0n) is 20.6. The van der Waals surface area contributed by atoms with E-state index in [1.807, 2.05) is 18.2 Å². The van der Waals surface area contributed by atoms with E-state index in [-0.39, 0.29) is 23.0 Å². The fourth-order valence-corrected chi connectivity index (χ4v) is 4.31. The fourth-order valence-electron chi connectivity index (χ4n) is 3.68. The summed E-state index contributed by atoms with van der Waals surface area (Å²) in [5, 5.41) is 0. The van der Waals surface area contributed by atoms with Crippen LogP contribution in [0.15, 0.2) is 72.4 Å². The van der Waals surface area contributed by atoms with Crippen molar-refractivity contribution in [1.29, 1.82) is 0 Å². The zero-order valence-corrected chi connectivity index (χ0v) is 21.4. The second kappa shape index (κ2) is 11.3. The molecule has 1 amide bonds. The molecule has 1 aliphatic rings. The summed E-state index contributed by atoms with van der Waals surface area (Å²) in [4.78, 5) is 28.3. The van der Waals surface area contributed by atoms with Gasteiger partial charge < -0.3 is 19.2 Å². The van der Waals surface area contributed by atoms with Crippen molar-refractivity contribution in [2.75, 3.05) is 19.3 Å². The van der Waals surface area contributed by atoms with Gasteiger partial charge in [0.1, 0.15) is 18.2 Å². The molecule has 2 heterocycles. The third-order valence-electron chi connectivity index (χ3n) is 5.82. The van der Waals surface area contributed by atoms with Crippen LogP contribution in [0.25, 0.3) is 5.70 Å². The number of hydrogen-bond acceptors (Lipinski definition) is 9. The molecular weight excluding hydrogens is 496 g/mol. The lowest BCUT2D eigenvalue weighted by Gasteiger charge is -2.31. The maximum Gasteiger partial charge on any atom is 0.415 e. The van der Waals surface area contributed by atoms with Crippen LogP contribution in [-0.2, 0) is 9.84 Å². The molecule has 4 rings (SSSR count). The molecule has 0 saturated carbocycles. The van der Waals surface area contributed by atoms with E-state index in [0.717, 1.165) is 6.26 Å². The lowest BCUT2D eigenvalue weighted by Crippen LogP contribution is -2.43. The lowest BCUT2D eigenvalue weighted by atomic mass is 10.1. The van der Waals surface area contributed by atoms with Crippen molar-refractivity contribution in [2.24, 2.45) is 0 Å². The van der Waals surface area contributed by atoms with Crippen molar-refractivity contribution in [1.82, 2.24) is 20.3 Å². The van der Waals surface area contributed by atoms with Gasteiger partial charge in [-0.05, 0) is 31.2 Å². The summed E-state index contributed by atoms with van der Waals surface area (Å²) in [6.45, 7) is 6.71. The zero-order chi connectivity index (χ0) is 26.4. The minimum atomic E-state index is -3.28. The molecule has 0 unspecified atom stereocenters. The number of rotatable bonds is 8. The molecule has 0 spiro atoms. The smallest absolute Gasteiger partial charge is 0.415 e. The number of para-hydroxylation sites is 1. The van der Waals surface area contributed by atoms with Crippen LogP contribution >= 0.6 is 0 Å². The summed E-state index contributed by atoms with van der Waals surface area (Å²) in [5.41, 5.74) is 4.42. The van der Waals surface area contributed by atoms with Crippen LogP contribution in [0.4, 0.5) is 4.79 Å². The Kier molecular flexibility index (Phi) is 7.92. The molecule has 11 heteroatoms. The van der Waals surface area contributed by atoms with Gasteiger partial charge in [0.15, 0.2) is 9.84 Å². The summed E-state index contributed by atoms with van der Waals surface area (Å²) in [7, 11) is -3.28. The van der Waals surface area contributed by atoms with Crippen LogP contribution in [0.5, 0.6) is 17.5 Å². The number of nitrogens with zero attached hydrogens (tertiary/aromatic N) is 3. The molecule has 3 aromatic rings. The predicted octanol–water partition coefficient (Wildman–Crippen LogP) is 3.79. The quantitative estimate of drug-likeness (QED) is 0.439. The standard InChI is InChI=1S/C26H28N4O6S/c1-18-24(34-22-13-15-30(16-14-22)26(31)35-21-7-5-4-6-8-21)27-17-28-25(18)36-29-19(2)20-9-11-23(12-10-20)37(3,32)33/h4-12,17,22,29H,2,13-16H2,1,3H3. The summed E-state index contributed by atoms with van der Waals surface area (Å²) >= 11 is 0. The van der Waals surface area contributed by atoms with Crippen LogP contribution in [0.3, 0.4) is 0 Å². The Hall–Kier alpha value is -4.12. The Morgan fingerprint density at radius 1 is 1.03 bits per heavy atom. The van der Waals surface area contributed by atoms with E-state index in [2.05, 4.69) is 22.0 Å². The van der Waals surface area contributed by atoms with E-state index in [1.165, 1.54) is 18.5 Å². The van der Waals surface area contributed by atoms with Crippen molar-refractivity contribution in [2.45, 2.75) is 30.8 Å². The van der Waals surface area contributed by atoms with Gasteiger partial charge in [-0.2, -0.15) is 4.98 Å². The molecule has 0 bridgehead atoms. The second-order valence-electron chi connectivity index (χ2n) is 8.57. The molecule has 0 radical (unpaired) electrons. The summed E-state index contributed by atoms with van der Waals surface area (Å²) < 4.78 is 34.8. The first-order chi connectivity index (χ1) is 17.7.